The molecule has 0 spiro atoms. The Morgan fingerprint density at radius 1 is 1.42 bits per heavy atom. The monoisotopic (exact) mass is 268 g/mol. The number of halogens is 2. The quantitative estimate of drug-likeness (QED) is 0.908. The van der Waals surface area contributed by atoms with E-state index in [1.165, 1.54) is 6.07 Å². The minimum Gasteiger partial charge on any atom is -0.341 e. The highest BCUT2D eigenvalue weighted by molar-refractivity contribution is 5.78. The van der Waals surface area contributed by atoms with Crippen LogP contribution >= 0.6 is 0 Å². The first-order chi connectivity index (χ1) is 9.08. The molecule has 1 aliphatic rings. The number of nitrogens with zero attached hydrogens (tertiary/aromatic N) is 1. The lowest BCUT2D eigenvalue weighted by Crippen LogP contribution is -2.41. The van der Waals surface area contributed by atoms with Crippen molar-refractivity contribution in [1.29, 1.82) is 0 Å². The van der Waals surface area contributed by atoms with Gasteiger partial charge in [0.1, 0.15) is 0 Å². The summed E-state index contributed by atoms with van der Waals surface area (Å²) in [4.78, 5) is 13.7. The zero-order valence-electron chi connectivity index (χ0n) is 11.0. The third kappa shape index (κ3) is 3.50. The van der Waals surface area contributed by atoms with Crippen molar-refractivity contribution < 1.29 is 13.6 Å². The maximum absolute atomic E-state index is 13.1. The van der Waals surface area contributed by atoms with Crippen LogP contribution in [0.2, 0.25) is 0 Å². The Kier molecular flexibility index (Phi) is 4.47. The van der Waals surface area contributed by atoms with Gasteiger partial charge in [-0.05, 0) is 37.1 Å². The SMILES string of the molecule is CN(Cc1ccc(F)c(F)c1)C(=O)[C@H]1CCCNC1. The second-order valence-corrected chi connectivity index (χ2v) is 4.99. The summed E-state index contributed by atoms with van der Waals surface area (Å²) in [6, 6.07) is 3.73. The summed E-state index contributed by atoms with van der Waals surface area (Å²) in [5, 5.41) is 3.19. The van der Waals surface area contributed by atoms with Crippen LogP contribution in [0.4, 0.5) is 8.78 Å². The predicted octanol–water partition coefficient (Wildman–Crippen LogP) is 1.92. The highest BCUT2D eigenvalue weighted by atomic mass is 19.2. The zero-order chi connectivity index (χ0) is 13.8. The van der Waals surface area contributed by atoms with E-state index in [-0.39, 0.29) is 11.8 Å². The summed E-state index contributed by atoms with van der Waals surface area (Å²) in [6.07, 6.45) is 1.88. The van der Waals surface area contributed by atoms with Gasteiger partial charge in [-0.2, -0.15) is 0 Å². The van der Waals surface area contributed by atoms with Crippen molar-refractivity contribution in [1.82, 2.24) is 10.2 Å². The topological polar surface area (TPSA) is 32.3 Å². The van der Waals surface area contributed by atoms with Gasteiger partial charge in [0.15, 0.2) is 11.6 Å². The lowest BCUT2D eigenvalue weighted by Gasteiger charge is -2.27. The van der Waals surface area contributed by atoms with Crippen LogP contribution < -0.4 is 5.32 Å². The molecule has 19 heavy (non-hydrogen) atoms. The van der Waals surface area contributed by atoms with Gasteiger partial charge >= 0.3 is 0 Å². The summed E-state index contributed by atoms with van der Waals surface area (Å²) < 4.78 is 25.9. The highest BCUT2D eigenvalue weighted by Crippen LogP contribution is 2.15. The van der Waals surface area contributed by atoms with E-state index >= 15 is 0 Å². The number of amides is 1. The lowest BCUT2D eigenvalue weighted by molar-refractivity contribution is -0.135. The van der Waals surface area contributed by atoms with E-state index in [1.54, 1.807) is 11.9 Å². The van der Waals surface area contributed by atoms with Crippen molar-refractivity contribution in [2.45, 2.75) is 19.4 Å². The molecular formula is C14H18F2N2O. The van der Waals surface area contributed by atoms with Gasteiger partial charge in [-0.25, -0.2) is 8.78 Å². The third-order valence-electron chi connectivity index (χ3n) is 3.43. The molecule has 1 aromatic carbocycles. The van der Waals surface area contributed by atoms with Crippen LogP contribution in [0.15, 0.2) is 18.2 Å². The minimum atomic E-state index is -0.877. The molecule has 1 aromatic rings. The first-order valence-electron chi connectivity index (χ1n) is 6.47. The summed E-state index contributed by atoms with van der Waals surface area (Å²) >= 11 is 0. The van der Waals surface area contributed by atoms with Gasteiger partial charge < -0.3 is 10.2 Å². The van der Waals surface area contributed by atoms with E-state index < -0.39 is 11.6 Å². The summed E-state index contributed by atoms with van der Waals surface area (Å²) in [7, 11) is 1.69. The number of piperidine rings is 1. The van der Waals surface area contributed by atoms with E-state index in [4.69, 9.17) is 0 Å². The van der Waals surface area contributed by atoms with Crippen molar-refractivity contribution >= 4 is 5.91 Å². The molecule has 0 saturated carbocycles. The molecule has 1 N–H and O–H groups in total. The Morgan fingerprint density at radius 3 is 2.84 bits per heavy atom. The first-order valence-corrected chi connectivity index (χ1v) is 6.47. The number of carbonyl (C=O) groups excluding carboxylic acids is 1. The predicted molar refractivity (Wildman–Crippen MR) is 68.4 cm³/mol. The number of hydrogen-bond acceptors (Lipinski definition) is 2. The van der Waals surface area contributed by atoms with E-state index in [9.17, 15) is 13.6 Å². The molecule has 0 aliphatic carbocycles. The second kappa shape index (κ2) is 6.10. The molecule has 1 amide bonds. The molecule has 1 heterocycles. The van der Waals surface area contributed by atoms with E-state index in [0.717, 1.165) is 31.5 Å². The molecule has 0 aromatic heterocycles. The van der Waals surface area contributed by atoms with Crippen LogP contribution in [-0.4, -0.2) is 30.9 Å². The summed E-state index contributed by atoms with van der Waals surface area (Å²) in [5.41, 5.74) is 0.596. The average Bonchev–Trinajstić information content (AvgIpc) is 2.43. The Balaban J connectivity index is 1.97. The number of nitrogens with one attached hydrogen (secondary N) is 1. The highest BCUT2D eigenvalue weighted by Gasteiger charge is 2.23. The molecule has 2 rings (SSSR count). The van der Waals surface area contributed by atoms with Gasteiger partial charge in [0.2, 0.25) is 5.91 Å². The lowest BCUT2D eigenvalue weighted by atomic mass is 9.98. The fourth-order valence-corrected chi connectivity index (χ4v) is 2.36. The van der Waals surface area contributed by atoms with Crippen LogP contribution in [0.3, 0.4) is 0 Å². The fourth-order valence-electron chi connectivity index (χ4n) is 2.36. The fraction of sp³-hybridized carbons (Fsp3) is 0.500. The van der Waals surface area contributed by atoms with E-state index in [0.29, 0.717) is 18.7 Å². The van der Waals surface area contributed by atoms with Gasteiger partial charge in [-0.3, -0.25) is 4.79 Å². The van der Waals surface area contributed by atoms with Crippen LogP contribution in [0.1, 0.15) is 18.4 Å². The number of hydrogen-bond donors (Lipinski definition) is 1. The third-order valence-corrected chi connectivity index (χ3v) is 3.43. The molecule has 104 valence electrons. The normalized spacial score (nSPS) is 19.2. The van der Waals surface area contributed by atoms with Gasteiger partial charge in [-0.15, -0.1) is 0 Å². The molecule has 1 atom stereocenters. The zero-order valence-corrected chi connectivity index (χ0v) is 11.0. The van der Waals surface area contributed by atoms with Gasteiger partial charge in [0.25, 0.3) is 0 Å². The van der Waals surface area contributed by atoms with E-state index in [1.807, 2.05) is 0 Å². The second-order valence-electron chi connectivity index (χ2n) is 4.99. The maximum Gasteiger partial charge on any atom is 0.227 e. The average molecular weight is 268 g/mol. The van der Waals surface area contributed by atoms with Crippen molar-refractivity contribution in [3.05, 3.63) is 35.4 Å². The van der Waals surface area contributed by atoms with Crippen LogP contribution in [0, 0.1) is 17.6 Å². The Bertz CT molecular complexity index is 459. The summed E-state index contributed by atoms with van der Waals surface area (Å²) in [5.74, 6) is -1.70. The van der Waals surface area contributed by atoms with Crippen LogP contribution in [0.25, 0.3) is 0 Å². The van der Waals surface area contributed by atoms with Crippen molar-refractivity contribution in [3.8, 4) is 0 Å². The van der Waals surface area contributed by atoms with Gasteiger partial charge in [0.05, 0.1) is 5.92 Å². The number of carbonyl (C=O) groups is 1. The smallest absolute Gasteiger partial charge is 0.227 e. The Morgan fingerprint density at radius 2 is 2.21 bits per heavy atom. The Hall–Kier alpha value is -1.49. The molecule has 1 fully saturated rings. The van der Waals surface area contributed by atoms with Gasteiger partial charge in [-0.1, -0.05) is 6.07 Å². The first kappa shape index (κ1) is 13.9. The van der Waals surface area contributed by atoms with Crippen molar-refractivity contribution in [3.63, 3.8) is 0 Å². The molecular weight excluding hydrogens is 250 g/mol. The number of benzene rings is 1. The molecule has 0 bridgehead atoms. The maximum atomic E-state index is 13.1. The van der Waals surface area contributed by atoms with Gasteiger partial charge in [0, 0.05) is 20.1 Å². The molecule has 1 saturated heterocycles. The molecule has 5 heteroatoms. The number of rotatable bonds is 3. The van der Waals surface area contributed by atoms with Crippen molar-refractivity contribution in [2.75, 3.05) is 20.1 Å². The molecule has 3 nitrogen and oxygen atoms in total. The summed E-state index contributed by atoms with van der Waals surface area (Å²) in [6.45, 7) is 1.95. The Labute approximate surface area is 111 Å². The van der Waals surface area contributed by atoms with Crippen LogP contribution in [0.5, 0.6) is 0 Å². The van der Waals surface area contributed by atoms with Crippen LogP contribution in [-0.2, 0) is 11.3 Å². The minimum absolute atomic E-state index is 0.0101. The van der Waals surface area contributed by atoms with E-state index in [2.05, 4.69) is 5.32 Å². The molecule has 0 radical (unpaired) electrons. The standard InChI is InChI=1S/C14H18F2N2O/c1-18(14(19)11-3-2-6-17-8-11)9-10-4-5-12(15)13(16)7-10/h4-5,7,11,17H,2-3,6,8-9H2,1H3/t11-/m0/s1. The van der Waals surface area contributed by atoms with Crippen molar-refractivity contribution in [2.24, 2.45) is 5.92 Å². The molecule has 1 aliphatic heterocycles. The molecule has 0 unspecified atom stereocenters. The largest absolute Gasteiger partial charge is 0.341 e.